The van der Waals surface area contributed by atoms with Crippen molar-refractivity contribution in [3.8, 4) is 0 Å². The highest BCUT2D eigenvalue weighted by molar-refractivity contribution is 9.10. The Kier molecular flexibility index (Phi) is 6.49. The van der Waals surface area contributed by atoms with Gasteiger partial charge in [0.2, 0.25) is 0 Å². The lowest BCUT2D eigenvalue weighted by atomic mass is 9.87. The highest BCUT2D eigenvalue weighted by Crippen LogP contribution is 2.25. The van der Waals surface area contributed by atoms with Crippen LogP contribution >= 0.6 is 15.9 Å². The van der Waals surface area contributed by atoms with Crippen LogP contribution in [0.5, 0.6) is 0 Å². The van der Waals surface area contributed by atoms with Gasteiger partial charge >= 0.3 is 0 Å². The highest BCUT2D eigenvalue weighted by Gasteiger charge is 2.25. The number of anilines is 1. The van der Waals surface area contributed by atoms with Crippen LogP contribution in [0.4, 0.5) is 5.69 Å². The molecule has 0 fully saturated rings. The van der Waals surface area contributed by atoms with Gasteiger partial charge in [-0.2, -0.15) is 0 Å². The minimum absolute atomic E-state index is 0.191. The molecular weight excluding hydrogens is 320 g/mol. The summed E-state index contributed by atoms with van der Waals surface area (Å²) in [6.45, 7) is 12.1. The lowest BCUT2D eigenvalue weighted by Crippen LogP contribution is -2.34. The zero-order valence-corrected chi connectivity index (χ0v) is 15.3. The second-order valence-electron chi connectivity index (χ2n) is 6.12. The Morgan fingerprint density at radius 1 is 1.37 bits per heavy atom. The number of hydrogen-bond acceptors (Lipinski definition) is 3. The van der Waals surface area contributed by atoms with E-state index in [1.54, 1.807) is 0 Å². The van der Waals surface area contributed by atoms with E-state index in [1.807, 2.05) is 18.3 Å². The molecule has 108 valence electrons. The lowest BCUT2D eigenvalue weighted by molar-refractivity contribution is 0.0817. The van der Waals surface area contributed by atoms with Crippen molar-refractivity contribution in [2.45, 2.75) is 46.4 Å². The van der Waals surface area contributed by atoms with Gasteiger partial charge in [0, 0.05) is 6.54 Å². The zero-order chi connectivity index (χ0) is 14.5. The molecule has 1 rings (SSSR count). The van der Waals surface area contributed by atoms with Crippen molar-refractivity contribution in [1.82, 2.24) is 4.98 Å². The predicted molar refractivity (Wildman–Crippen MR) is 88.2 cm³/mol. The van der Waals surface area contributed by atoms with Crippen molar-refractivity contribution in [2.24, 2.45) is 5.41 Å². The molecule has 0 aromatic carbocycles. The fourth-order valence-electron chi connectivity index (χ4n) is 1.86. The molecule has 3 nitrogen and oxygen atoms in total. The van der Waals surface area contributed by atoms with Crippen LogP contribution in [-0.2, 0) is 4.43 Å². The van der Waals surface area contributed by atoms with Gasteiger partial charge in [0.05, 0.1) is 18.0 Å². The number of rotatable bonds is 6. The van der Waals surface area contributed by atoms with E-state index in [9.17, 15) is 0 Å². The molecule has 0 spiro atoms. The van der Waals surface area contributed by atoms with Gasteiger partial charge in [0.25, 0.3) is 0 Å². The van der Waals surface area contributed by atoms with Crippen LogP contribution in [0.15, 0.2) is 22.9 Å². The summed E-state index contributed by atoms with van der Waals surface area (Å²) in [6.07, 6.45) is 3.17. The molecule has 0 saturated carbocycles. The van der Waals surface area contributed by atoms with Crippen LogP contribution in [0.25, 0.3) is 0 Å². The van der Waals surface area contributed by atoms with Crippen LogP contribution < -0.4 is 5.32 Å². The minimum atomic E-state index is -0.998. The Balaban J connectivity index is 2.46. The van der Waals surface area contributed by atoms with E-state index in [1.165, 1.54) is 0 Å². The van der Waals surface area contributed by atoms with E-state index in [2.05, 4.69) is 60.1 Å². The Bertz CT molecular complexity index is 376. The molecule has 0 amide bonds. The maximum Gasteiger partial charge on any atom is 0.171 e. The van der Waals surface area contributed by atoms with Gasteiger partial charge in [-0.15, -0.1) is 0 Å². The molecule has 1 aromatic heterocycles. The average molecular weight is 345 g/mol. The second kappa shape index (κ2) is 7.41. The van der Waals surface area contributed by atoms with Crippen molar-refractivity contribution >= 4 is 30.7 Å². The maximum absolute atomic E-state index is 6.15. The van der Waals surface area contributed by atoms with Crippen molar-refractivity contribution in [3.05, 3.63) is 22.9 Å². The van der Waals surface area contributed by atoms with Gasteiger partial charge in [0.1, 0.15) is 4.60 Å². The summed E-state index contributed by atoms with van der Waals surface area (Å²) in [5.41, 5.74) is 1.24. The molecule has 1 aromatic rings. The summed E-state index contributed by atoms with van der Waals surface area (Å²) in [4.78, 5) is 4.20. The quantitative estimate of drug-likeness (QED) is 0.624. The first-order valence-corrected chi connectivity index (χ1v) is 10.4. The molecule has 0 radical (unpaired) electrons. The fraction of sp³-hybridized carbons (Fsp3) is 0.643. The third-order valence-corrected chi connectivity index (χ3v) is 4.21. The monoisotopic (exact) mass is 344 g/mol. The second-order valence-corrected chi connectivity index (χ2v) is 9.31. The van der Waals surface area contributed by atoms with Crippen molar-refractivity contribution in [1.29, 1.82) is 0 Å². The Morgan fingerprint density at radius 3 is 2.53 bits per heavy atom. The van der Waals surface area contributed by atoms with Gasteiger partial charge in [-0.1, -0.05) is 20.8 Å². The van der Waals surface area contributed by atoms with E-state index < -0.39 is 9.04 Å². The molecule has 0 aliphatic rings. The van der Waals surface area contributed by atoms with E-state index in [-0.39, 0.29) is 5.41 Å². The molecule has 1 N–H and O–H groups in total. The third-order valence-electron chi connectivity index (χ3n) is 2.87. The molecule has 1 heterocycles. The van der Waals surface area contributed by atoms with Crippen LogP contribution in [-0.4, -0.2) is 26.7 Å². The van der Waals surface area contributed by atoms with Crippen LogP contribution in [0.3, 0.4) is 0 Å². The number of nitrogens with one attached hydrogen (secondary N) is 1. The summed E-state index contributed by atoms with van der Waals surface area (Å²) in [6, 6.07) is 3.97. The standard InChI is InChI=1S/C14H25BrN2OSi/c1-14(2,3)12(18-19(4)5)8-9-16-11-6-7-13(15)17-10-11/h6-7,10,12,16,19H,8-9H2,1-5H3. The molecule has 0 aliphatic heterocycles. The van der Waals surface area contributed by atoms with Crippen LogP contribution in [0, 0.1) is 5.41 Å². The van der Waals surface area contributed by atoms with Crippen molar-refractivity contribution in [2.75, 3.05) is 11.9 Å². The average Bonchev–Trinajstić information content (AvgIpc) is 2.28. The van der Waals surface area contributed by atoms with Gasteiger partial charge < -0.3 is 9.74 Å². The first-order chi connectivity index (χ1) is 8.79. The van der Waals surface area contributed by atoms with Crippen LogP contribution in [0.2, 0.25) is 13.1 Å². The number of aromatic nitrogens is 1. The normalized spacial score (nSPS) is 13.6. The molecule has 0 bridgehead atoms. The van der Waals surface area contributed by atoms with E-state index in [0.717, 1.165) is 23.3 Å². The molecule has 0 saturated heterocycles. The Labute approximate surface area is 127 Å². The first kappa shape index (κ1) is 16.7. The lowest BCUT2D eigenvalue weighted by Gasteiger charge is -2.32. The molecular formula is C14H25BrN2OSi. The molecule has 19 heavy (non-hydrogen) atoms. The van der Waals surface area contributed by atoms with E-state index >= 15 is 0 Å². The summed E-state index contributed by atoms with van der Waals surface area (Å²) in [5, 5.41) is 3.40. The fourth-order valence-corrected chi connectivity index (χ4v) is 3.30. The van der Waals surface area contributed by atoms with Gasteiger partial charge in [-0.25, -0.2) is 4.98 Å². The minimum Gasteiger partial charge on any atom is -0.417 e. The predicted octanol–water partition coefficient (Wildman–Crippen LogP) is 4.06. The number of halogens is 1. The Hall–Kier alpha value is -0.393. The summed E-state index contributed by atoms with van der Waals surface area (Å²) in [7, 11) is -0.998. The molecule has 0 aliphatic carbocycles. The largest absolute Gasteiger partial charge is 0.417 e. The Morgan fingerprint density at radius 2 is 2.05 bits per heavy atom. The smallest absolute Gasteiger partial charge is 0.171 e. The summed E-state index contributed by atoms with van der Waals surface area (Å²) in [5.74, 6) is 0. The highest BCUT2D eigenvalue weighted by atomic mass is 79.9. The molecule has 1 unspecified atom stereocenters. The van der Waals surface area contributed by atoms with Crippen LogP contribution in [0.1, 0.15) is 27.2 Å². The molecule has 1 atom stereocenters. The van der Waals surface area contributed by atoms with Crippen molar-refractivity contribution in [3.63, 3.8) is 0 Å². The zero-order valence-electron chi connectivity index (χ0n) is 12.5. The summed E-state index contributed by atoms with van der Waals surface area (Å²) < 4.78 is 7.01. The maximum atomic E-state index is 6.15. The SMILES string of the molecule is C[SiH](C)OC(CCNc1ccc(Br)nc1)C(C)(C)C. The number of pyridine rings is 1. The van der Waals surface area contributed by atoms with Gasteiger partial charge in [0.15, 0.2) is 9.04 Å². The number of nitrogens with zero attached hydrogens (tertiary/aromatic N) is 1. The topological polar surface area (TPSA) is 34.1 Å². The van der Waals surface area contributed by atoms with E-state index in [4.69, 9.17) is 4.43 Å². The van der Waals surface area contributed by atoms with Crippen molar-refractivity contribution < 1.29 is 4.43 Å². The number of hydrogen-bond donors (Lipinski definition) is 1. The van der Waals surface area contributed by atoms with Gasteiger partial charge in [-0.3, -0.25) is 0 Å². The van der Waals surface area contributed by atoms with Gasteiger partial charge in [-0.05, 0) is 53.0 Å². The summed E-state index contributed by atoms with van der Waals surface area (Å²) >= 11 is 3.34. The third kappa shape index (κ3) is 6.54. The van der Waals surface area contributed by atoms with E-state index in [0.29, 0.717) is 6.10 Å². The first-order valence-electron chi connectivity index (χ1n) is 6.80. The molecule has 5 heteroatoms.